The van der Waals surface area contributed by atoms with Crippen LogP contribution in [0.4, 0.5) is 0 Å². The van der Waals surface area contributed by atoms with Gasteiger partial charge in [0.1, 0.15) is 24.5 Å². The average molecular weight is 672 g/mol. The zero-order valence-corrected chi connectivity index (χ0v) is 26.4. The molecule has 2 saturated heterocycles. The van der Waals surface area contributed by atoms with Crippen LogP contribution < -0.4 is 10.1 Å². The van der Waals surface area contributed by atoms with Gasteiger partial charge < -0.3 is 25.0 Å². The molecule has 6 rings (SSSR count). The van der Waals surface area contributed by atoms with Gasteiger partial charge in [-0.15, -0.1) is 0 Å². The number of benzene rings is 1. The van der Waals surface area contributed by atoms with Gasteiger partial charge in [-0.25, -0.2) is 0 Å². The number of fused-ring (bicyclic) bond motifs is 2. The van der Waals surface area contributed by atoms with Crippen molar-refractivity contribution in [2.45, 2.75) is 71.4 Å². The standard InChI is InChI=1S/C30H46IN3O6/c1-18-22-14-21(30(22,3)4)15-24(18)32-29(37)27-26(19(2)36)25(17-35)40-34(27)16-20-6-5-7-23(31)28(20)39-13-10-33-8-11-38-12-9-33/h5-7,18-19,21-22,24-27,35-36H,8-17H2,1-4H3,(H,32,37)/t18-,19-,21+,22-,24-,25-,26+,27-/m0/s1. The number of carbonyl (C=O) groups is 1. The van der Waals surface area contributed by atoms with E-state index in [2.05, 4.69) is 53.6 Å². The van der Waals surface area contributed by atoms with Crippen LogP contribution >= 0.6 is 22.6 Å². The van der Waals surface area contributed by atoms with Crippen molar-refractivity contribution in [1.29, 1.82) is 0 Å². The molecule has 3 N–H and O–H groups in total. The maximum absolute atomic E-state index is 13.9. The van der Waals surface area contributed by atoms with Crippen LogP contribution in [0.2, 0.25) is 0 Å². The third-order valence-electron chi connectivity index (χ3n) is 10.2. The maximum atomic E-state index is 13.9. The molecule has 0 radical (unpaired) electrons. The van der Waals surface area contributed by atoms with E-state index in [1.807, 2.05) is 18.2 Å². The Morgan fingerprint density at radius 2 is 2.02 bits per heavy atom. The van der Waals surface area contributed by atoms with E-state index >= 15 is 0 Å². The van der Waals surface area contributed by atoms with E-state index in [1.54, 1.807) is 12.0 Å². The third-order valence-corrected chi connectivity index (χ3v) is 11.0. The first-order valence-electron chi connectivity index (χ1n) is 14.8. The van der Waals surface area contributed by atoms with Crippen LogP contribution in [0, 0.1) is 32.7 Å². The molecule has 9 nitrogen and oxygen atoms in total. The van der Waals surface area contributed by atoms with Crippen LogP contribution in [-0.4, -0.2) is 96.4 Å². The summed E-state index contributed by atoms with van der Waals surface area (Å²) in [5, 5.41) is 25.9. The van der Waals surface area contributed by atoms with E-state index in [0.717, 1.165) is 54.2 Å². The Morgan fingerprint density at radius 1 is 1.27 bits per heavy atom. The molecule has 0 aromatic heterocycles. The fourth-order valence-electron chi connectivity index (χ4n) is 7.59. The molecule has 3 saturated carbocycles. The van der Waals surface area contributed by atoms with E-state index in [-0.39, 0.29) is 18.6 Å². The van der Waals surface area contributed by atoms with Crippen LogP contribution in [0.5, 0.6) is 5.75 Å². The first-order chi connectivity index (χ1) is 19.1. The molecule has 3 aliphatic carbocycles. The monoisotopic (exact) mass is 671 g/mol. The van der Waals surface area contributed by atoms with Gasteiger partial charge in [0, 0.05) is 37.2 Å². The van der Waals surface area contributed by atoms with Crippen molar-refractivity contribution >= 4 is 28.5 Å². The number of amides is 1. The molecule has 1 aromatic carbocycles. The first-order valence-corrected chi connectivity index (χ1v) is 15.9. The number of aliphatic hydroxyl groups excluding tert-OH is 2. The highest BCUT2D eigenvalue weighted by Crippen LogP contribution is 2.61. The SMILES string of the molecule is C[C@@H]1[C@@H](NC(=O)[C@@H]2[C@H]([C@H](C)O)[C@H](CO)ON2Cc2cccc(I)c2OCCN2CCOCC2)C[C@H]2C[C@@H]1C2(C)C. The summed E-state index contributed by atoms with van der Waals surface area (Å²) in [4.78, 5) is 22.5. The van der Waals surface area contributed by atoms with Gasteiger partial charge in [0.2, 0.25) is 5.91 Å². The predicted molar refractivity (Wildman–Crippen MR) is 159 cm³/mol. The molecule has 8 atom stereocenters. The van der Waals surface area contributed by atoms with Crippen molar-refractivity contribution in [3.05, 3.63) is 27.3 Å². The van der Waals surface area contributed by atoms with Crippen molar-refractivity contribution in [2.75, 3.05) is 46.1 Å². The molecule has 224 valence electrons. The van der Waals surface area contributed by atoms with Crippen LogP contribution in [0.25, 0.3) is 0 Å². The number of nitrogens with zero attached hydrogens (tertiary/aromatic N) is 2. The lowest BCUT2D eigenvalue weighted by atomic mass is 9.45. The van der Waals surface area contributed by atoms with Crippen LogP contribution in [0.3, 0.4) is 0 Å². The minimum absolute atomic E-state index is 0.103. The van der Waals surface area contributed by atoms with Gasteiger partial charge in [-0.05, 0) is 71.6 Å². The van der Waals surface area contributed by atoms with Gasteiger partial charge >= 0.3 is 0 Å². The lowest BCUT2D eigenvalue weighted by Crippen LogP contribution is -2.62. The third kappa shape index (κ3) is 6.05. The number of ether oxygens (including phenoxy) is 2. The summed E-state index contributed by atoms with van der Waals surface area (Å²) < 4.78 is 12.7. The topological polar surface area (TPSA) is 104 Å². The van der Waals surface area contributed by atoms with E-state index in [4.69, 9.17) is 14.3 Å². The van der Waals surface area contributed by atoms with Gasteiger partial charge in [0.15, 0.2) is 0 Å². The highest BCUT2D eigenvalue weighted by atomic mass is 127. The number of aliphatic hydroxyl groups is 2. The number of hydrogen-bond donors (Lipinski definition) is 3. The number of hydrogen-bond acceptors (Lipinski definition) is 8. The second kappa shape index (κ2) is 12.7. The summed E-state index contributed by atoms with van der Waals surface area (Å²) in [5.74, 6) is 1.70. The first kappa shape index (κ1) is 30.4. The van der Waals surface area contributed by atoms with Crippen molar-refractivity contribution < 1.29 is 29.3 Å². The largest absolute Gasteiger partial charge is 0.491 e. The van der Waals surface area contributed by atoms with Crippen LogP contribution in [-0.2, 0) is 20.9 Å². The second-order valence-electron chi connectivity index (χ2n) is 12.8. The number of nitrogens with one attached hydrogen (secondary N) is 1. The highest BCUT2D eigenvalue weighted by Gasteiger charge is 2.57. The Balaban J connectivity index is 1.31. The molecular weight excluding hydrogens is 625 g/mol. The fraction of sp³-hybridized carbons (Fsp3) is 0.767. The zero-order chi connectivity index (χ0) is 28.6. The molecule has 10 heteroatoms. The predicted octanol–water partition coefficient (Wildman–Crippen LogP) is 2.66. The lowest BCUT2D eigenvalue weighted by molar-refractivity contribution is -0.183. The molecule has 2 bridgehead atoms. The molecule has 0 unspecified atom stereocenters. The van der Waals surface area contributed by atoms with E-state index < -0.39 is 24.2 Å². The van der Waals surface area contributed by atoms with Gasteiger partial charge in [-0.1, -0.05) is 32.9 Å². The van der Waals surface area contributed by atoms with Crippen molar-refractivity contribution in [2.24, 2.45) is 29.1 Å². The fourth-order valence-corrected chi connectivity index (χ4v) is 8.30. The Kier molecular flexibility index (Phi) is 9.66. The molecule has 5 aliphatic rings. The number of hydroxylamine groups is 2. The van der Waals surface area contributed by atoms with Gasteiger partial charge in [0.25, 0.3) is 0 Å². The summed E-state index contributed by atoms with van der Waals surface area (Å²) in [6.45, 7) is 13.3. The normalized spacial score (nSPS) is 34.7. The Morgan fingerprint density at radius 3 is 2.67 bits per heavy atom. The van der Waals surface area contributed by atoms with Gasteiger partial charge in [0.05, 0.1) is 36.0 Å². The molecule has 2 heterocycles. The second-order valence-corrected chi connectivity index (χ2v) is 13.9. The number of morpholine rings is 1. The Bertz CT molecular complexity index is 1030. The van der Waals surface area contributed by atoms with Gasteiger partial charge in [-0.2, -0.15) is 5.06 Å². The number of carbonyl (C=O) groups excluding carboxylic acids is 1. The quantitative estimate of drug-likeness (QED) is 0.327. The van der Waals surface area contributed by atoms with E-state index in [1.165, 1.54) is 6.42 Å². The number of rotatable bonds is 10. The van der Waals surface area contributed by atoms with Crippen LogP contribution in [0.1, 0.15) is 46.1 Å². The Labute approximate surface area is 252 Å². The van der Waals surface area contributed by atoms with Crippen molar-refractivity contribution in [3.8, 4) is 5.75 Å². The smallest absolute Gasteiger partial charge is 0.240 e. The lowest BCUT2D eigenvalue weighted by Gasteiger charge is -2.62. The average Bonchev–Trinajstić information content (AvgIpc) is 3.30. The van der Waals surface area contributed by atoms with E-state index in [0.29, 0.717) is 36.3 Å². The molecule has 1 aromatic rings. The minimum atomic E-state index is -0.825. The molecule has 5 fully saturated rings. The summed E-state index contributed by atoms with van der Waals surface area (Å²) in [6, 6.07) is 5.35. The van der Waals surface area contributed by atoms with Crippen LogP contribution in [0.15, 0.2) is 18.2 Å². The number of para-hydroxylation sites is 1. The highest BCUT2D eigenvalue weighted by molar-refractivity contribution is 14.1. The van der Waals surface area contributed by atoms with Crippen molar-refractivity contribution in [1.82, 2.24) is 15.3 Å². The molecule has 2 aliphatic heterocycles. The summed E-state index contributed by atoms with van der Waals surface area (Å²) in [6.07, 6.45) is 0.725. The summed E-state index contributed by atoms with van der Waals surface area (Å²) in [5.41, 5.74) is 1.24. The summed E-state index contributed by atoms with van der Waals surface area (Å²) >= 11 is 2.28. The zero-order valence-electron chi connectivity index (χ0n) is 24.2. The minimum Gasteiger partial charge on any atom is -0.491 e. The van der Waals surface area contributed by atoms with E-state index in [9.17, 15) is 15.0 Å². The molecular formula is C30H46IN3O6. The molecule has 0 spiro atoms. The van der Waals surface area contributed by atoms with Gasteiger partial charge in [-0.3, -0.25) is 14.5 Å². The molecule has 40 heavy (non-hydrogen) atoms. The number of halogens is 1. The molecule has 1 amide bonds. The Hall–Kier alpha value is -1.02. The maximum Gasteiger partial charge on any atom is 0.240 e. The summed E-state index contributed by atoms with van der Waals surface area (Å²) in [7, 11) is 0. The van der Waals surface area contributed by atoms with Crippen molar-refractivity contribution in [3.63, 3.8) is 0 Å².